The van der Waals surface area contributed by atoms with Gasteiger partial charge in [0.25, 0.3) is 17.4 Å². The summed E-state index contributed by atoms with van der Waals surface area (Å²) in [5.41, 5.74) is -0.846. The van der Waals surface area contributed by atoms with Crippen molar-refractivity contribution in [2.24, 2.45) is 0 Å². The minimum Gasteiger partial charge on any atom is -0.496 e. The van der Waals surface area contributed by atoms with Gasteiger partial charge in [0.15, 0.2) is 11.6 Å². The molecule has 1 aliphatic heterocycles. The van der Waals surface area contributed by atoms with Gasteiger partial charge in [-0.2, -0.15) is 0 Å². The van der Waals surface area contributed by atoms with Crippen LogP contribution in [-0.4, -0.2) is 36.1 Å². The fourth-order valence-electron chi connectivity index (χ4n) is 3.14. The van der Waals surface area contributed by atoms with Gasteiger partial charge in [-0.15, -0.1) is 0 Å². The third kappa shape index (κ3) is 3.65. The second-order valence-electron chi connectivity index (χ2n) is 6.77. The lowest BCUT2D eigenvalue weighted by Crippen LogP contribution is -2.62. The van der Waals surface area contributed by atoms with Crippen LogP contribution in [0.5, 0.6) is 11.5 Å². The number of unbranched alkanes of at least 4 members (excludes halogenated alkanes) is 1. The van der Waals surface area contributed by atoms with E-state index in [2.05, 4.69) is 10.3 Å². The number of anilines is 1. The van der Waals surface area contributed by atoms with Crippen molar-refractivity contribution in [1.82, 2.24) is 10.3 Å². The molecule has 1 atom stereocenters. The molecule has 0 spiro atoms. The molecule has 1 N–H and O–H groups in total. The lowest BCUT2D eigenvalue weighted by Gasteiger charge is -2.38. The number of pyridine rings is 1. The average molecular weight is 383 g/mol. The zero-order valence-electron chi connectivity index (χ0n) is 16.4. The molecule has 148 valence electrons. The molecular formula is C21H25N3O4. The summed E-state index contributed by atoms with van der Waals surface area (Å²) in [6, 6.07) is 10.8. The maximum absolute atomic E-state index is 13.2. The fraction of sp³-hybridized carbons (Fsp3) is 0.381. The van der Waals surface area contributed by atoms with E-state index in [1.54, 1.807) is 30.3 Å². The Morgan fingerprint density at radius 1 is 1.29 bits per heavy atom. The highest BCUT2D eigenvalue weighted by atomic mass is 16.5. The number of carbonyl (C=O) groups excluding carboxylic acids is 2. The number of carbonyl (C=O) groups is 2. The molecule has 1 aromatic carbocycles. The number of benzene rings is 1. The van der Waals surface area contributed by atoms with Crippen molar-refractivity contribution in [2.45, 2.75) is 38.8 Å². The van der Waals surface area contributed by atoms with Crippen molar-refractivity contribution >= 4 is 17.6 Å². The quantitative estimate of drug-likeness (QED) is 0.744. The van der Waals surface area contributed by atoms with Crippen LogP contribution in [0.3, 0.4) is 0 Å². The summed E-state index contributed by atoms with van der Waals surface area (Å²) in [5.74, 6) is 0.635. The Morgan fingerprint density at radius 3 is 2.82 bits per heavy atom. The van der Waals surface area contributed by atoms with Crippen molar-refractivity contribution in [3.05, 3.63) is 48.2 Å². The molecule has 0 unspecified atom stereocenters. The van der Waals surface area contributed by atoms with E-state index in [4.69, 9.17) is 9.47 Å². The van der Waals surface area contributed by atoms with Gasteiger partial charge in [0.2, 0.25) is 0 Å². The van der Waals surface area contributed by atoms with Gasteiger partial charge in [0.05, 0.1) is 7.11 Å². The standard InChI is InChI=1S/C21H25N3O4/c1-4-5-13-24-18-17(11-8-12-22-18)28-21(2,20(24)26)19(25)23-14-15-9-6-7-10-16(15)27-3/h6-12H,4-5,13-14H2,1-3H3,(H,23,25)/t21-/m0/s1. The first-order chi connectivity index (χ1) is 13.5. The van der Waals surface area contributed by atoms with Crippen LogP contribution in [-0.2, 0) is 16.1 Å². The number of nitrogens with one attached hydrogen (secondary N) is 1. The molecule has 2 aromatic rings. The molecule has 2 amide bonds. The second kappa shape index (κ2) is 8.29. The smallest absolute Gasteiger partial charge is 0.282 e. The predicted octanol–water partition coefficient (Wildman–Crippen LogP) is 2.69. The van der Waals surface area contributed by atoms with E-state index in [1.807, 2.05) is 31.2 Å². The summed E-state index contributed by atoms with van der Waals surface area (Å²) >= 11 is 0. The fourth-order valence-corrected chi connectivity index (χ4v) is 3.14. The molecular weight excluding hydrogens is 358 g/mol. The first kappa shape index (κ1) is 19.7. The zero-order chi connectivity index (χ0) is 20.1. The van der Waals surface area contributed by atoms with Gasteiger partial charge < -0.3 is 14.8 Å². The third-order valence-electron chi connectivity index (χ3n) is 4.77. The third-order valence-corrected chi connectivity index (χ3v) is 4.77. The van der Waals surface area contributed by atoms with Crippen LogP contribution >= 0.6 is 0 Å². The van der Waals surface area contributed by atoms with E-state index in [0.29, 0.717) is 23.9 Å². The average Bonchev–Trinajstić information content (AvgIpc) is 2.72. The van der Waals surface area contributed by atoms with Gasteiger partial charge in [-0.1, -0.05) is 31.5 Å². The Morgan fingerprint density at radius 2 is 2.07 bits per heavy atom. The van der Waals surface area contributed by atoms with Crippen molar-refractivity contribution in [3.8, 4) is 11.5 Å². The monoisotopic (exact) mass is 383 g/mol. The van der Waals surface area contributed by atoms with Gasteiger partial charge in [0, 0.05) is 24.8 Å². The SMILES string of the molecule is CCCCN1C(=O)[C@](C)(C(=O)NCc2ccccc2OC)Oc2cccnc21. The van der Waals surface area contributed by atoms with Crippen LogP contribution in [0.2, 0.25) is 0 Å². The number of methoxy groups -OCH3 is 1. The summed E-state index contributed by atoms with van der Waals surface area (Å²) in [7, 11) is 1.57. The Balaban J connectivity index is 1.83. The van der Waals surface area contributed by atoms with Gasteiger partial charge in [-0.05, 0) is 31.5 Å². The molecule has 3 rings (SSSR count). The number of hydrogen-bond donors (Lipinski definition) is 1. The highest BCUT2D eigenvalue weighted by Crippen LogP contribution is 2.36. The van der Waals surface area contributed by atoms with Crippen LogP contribution in [0.15, 0.2) is 42.6 Å². The molecule has 1 aliphatic rings. The minimum absolute atomic E-state index is 0.226. The normalized spacial score (nSPS) is 18.2. The van der Waals surface area contributed by atoms with E-state index in [9.17, 15) is 9.59 Å². The number of rotatable bonds is 7. The summed E-state index contributed by atoms with van der Waals surface area (Å²) < 4.78 is 11.2. The van der Waals surface area contributed by atoms with Crippen molar-refractivity contribution in [1.29, 1.82) is 0 Å². The van der Waals surface area contributed by atoms with Crippen LogP contribution < -0.4 is 19.7 Å². The molecule has 7 nitrogen and oxygen atoms in total. The number of fused-ring (bicyclic) bond motifs is 1. The molecule has 0 radical (unpaired) electrons. The van der Waals surface area contributed by atoms with Crippen molar-refractivity contribution in [2.75, 3.05) is 18.6 Å². The van der Waals surface area contributed by atoms with E-state index in [-0.39, 0.29) is 6.54 Å². The summed E-state index contributed by atoms with van der Waals surface area (Å²) in [5, 5.41) is 2.81. The Bertz CT molecular complexity index is 870. The van der Waals surface area contributed by atoms with Crippen LogP contribution in [0.1, 0.15) is 32.3 Å². The molecule has 7 heteroatoms. The number of nitrogens with zero attached hydrogens (tertiary/aromatic N) is 2. The molecule has 2 heterocycles. The van der Waals surface area contributed by atoms with Gasteiger partial charge in [-0.25, -0.2) is 4.98 Å². The van der Waals surface area contributed by atoms with Crippen LogP contribution in [0.25, 0.3) is 0 Å². The molecule has 0 saturated carbocycles. The molecule has 28 heavy (non-hydrogen) atoms. The zero-order valence-corrected chi connectivity index (χ0v) is 16.4. The predicted molar refractivity (Wildman–Crippen MR) is 105 cm³/mol. The number of aromatic nitrogens is 1. The highest BCUT2D eigenvalue weighted by molar-refractivity contribution is 6.16. The number of para-hydroxylation sites is 1. The van der Waals surface area contributed by atoms with Gasteiger partial charge in [0.1, 0.15) is 5.75 Å². The first-order valence-corrected chi connectivity index (χ1v) is 9.37. The Hall–Kier alpha value is -3.09. The topological polar surface area (TPSA) is 80.8 Å². The van der Waals surface area contributed by atoms with E-state index < -0.39 is 17.4 Å². The minimum atomic E-state index is -1.66. The lowest BCUT2D eigenvalue weighted by atomic mass is 10.0. The van der Waals surface area contributed by atoms with E-state index in [1.165, 1.54) is 6.92 Å². The largest absolute Gasteiger partial charge is 0.496 e. The van der Waals surface area contributed by atoms with Crippen LogP contribution in [0, 0.1) is 0 Å². The molecule has 0 bridgehead atoms. The van der Waals surface area contributed by atoms with Gasteiger partial charge in [-0.3, -0.25) is 14.5 Å². The number of hydrogen-bond acceptors (Lipinski definition) is 5. The highest BCUT2D eigenvalue weighted by Gasteiger charge is 2.51. The number of ether oxygens (including phenoxy) is 2. The maximum Gasteiger partial charge on any atom is 0.282 e. The van der Waals surface area contributed by atoms with Crippen LogP contribution in [0.4, 0.5) is 5.82 Å². The molecule has 1 aromatic heterocycles. The lowest BCUT2D eigenvalue weighted by molar-refractivity contribution is -0.148. The number of amides is 2. The van der Waals surface area contributed by atoms with Gasteiger partial charge >= 0.3 is 0 Å². The van der Waals surface area contributed by atoms with Crippen molar-refractivity contribution < 1.29 is 19.1 Å². The van der Waals surface area contributed by atoms with E-state index >= 15 is 0 Å². The summed E-state index contributed by atoms with van der Waals surface area (Å²) in [4.78, 5) is 32.0. The van der Waals surface area contributed by atoms with E-state index in [0.717, 1.165) is 18.4 Å². The Labute approximate surface area is 164 Å². The molecule has 0 aliphatic carbocycles. The Kier molecular flexibility index (Phi) is 5.82. The first-order valence-electron chi connectivity index (χ1n) is 9.37. The maximum atomic E-state index is 13.2. The van der Waals surface area contributed by atoms with Crippen molar-refractivity contribution in [3.63, 3.8) is 0 Å². The summed E-state index contributed by atoms with van der Waals surface area (Å²) in [6.45, 7) is 4.26. The molecule has 0 saturated heterocycles. The summed E-state index contributed by atoms with van der Waals surface area (Å²) in [6.07, 6.45) is 3.34. The molecule has 0 fully saturated rings. The second-order valence-corrected chi connectivity index (χ2v) is 6.77.